The fourth-order valence-electron chi connectivity index (χ4n) is 3.93. The van der Waals surface area contributed by atoms with E-state index in [1.54, 1.807) is 55.5 Å². The van der Waals surface area contributed by atoms with Gasteiger partial charge in [-0.05, 0) is 60.4 Å². The summed E-state index contributed by atoms with van der Waals surface area (Å²) in [4.78, 5) is 16.0. The van der Waals surface area contributed by atoms with E-state index in [4.69, 9.17) is 27.9 Å². The smallest absolute Gasteiger partial charge is 0.355 e. The molecule has 0 saturated heterocycles. The van der Waals surface area contributed by atoms with Gasteiger partial charge in [0.25, 0.3) is 10.0 Å². The number of fused-ring (bicyclic) bond motifs is 1. The van der Waals surface area contributed by atoms with Crippen molar-refractivity contribution in [1.29, 1.82) is 0 Å². The van der Waals surface area contributed by atoms with Crippen LogP contribution >= 0.6 is 23.2 Å². The van der Waals surface area contributed by atoms with Crippen LogP contribution in [-0.2, 0) is 20.2 Å². The molecule has 0 spiro atoms. The number of rotatable bonds is 6. The van der Waals surface area contributed by atoms with Crippen molar-refractivity contribution in [1.82, 2.24) is 4.98 Å². The average molecular weight is 545 g/mol. The van der Waals surface area contributed by atoms with E-state index in [1.165, 1.54) is 0 Å². The third-order valence-electron chi connectivity index (χ3n) is 5.76. The number of hydrogen-bond donors (Lipinski definition) is 2. The largest absolute Gasteiger partial charge is 0.461 e. The van der Waals surface area contributed by atoms with Crippen LogP contribution in [-0.4, -0.2) is 26.0 Å². The molecular weight excluding hydrogens is 519 g/mol. The van der Waals surface area contributed by atoms with Crippen molar-refractivity contribution in [2.24, 2.45) is 0 Å². The molecule has 3 aromatic carbocycles. The summed E-state index contributed by atoms with van der Waals surface area (Å²) in [5.74, 6) is -0.546. The van der Waals surface area contributed by atoms with Gasteiger partial charge in [-0.2, -0.15) is 0 Å². The van der Waals surface area contributed by atoms with Gasteiger partial charge in [0.1, 0.15) is 5.69 Å². The second-order valence-corrected chi connectivity index (χ2v) is 11.9. The highest BCUT2D eigenvalue weighted by atomic mass is 35.5. The minimum Gasteiger partial charge on any atom is -0.461 e. The zero-order valence-electron chi connectivity index (χ0n) is 20.3. The van der Waals surface area contributed by atoms with Crippen LogP contribution in [0, 0.1) is 0 Å². The monoisotopic (exact) mass is 544 g/mol. The molecule has 0 atom stereocenters. The first kappa shape index (κ1) is 26.1. The van der Waals surface area contributed by atoms with E-state index >= 15 is 0 Å². The van der Waals surface area contributed by atoms with E-state index in [1.807, 2.05) is 12.1 Å². The second-order valence-electron chi connectivity index (χ2n) is 9.36. The van der Waals surface area contributed by atoms with Crippen LogP contribution < -0.4 is 4.72 Å². The van der Waals surface area contributed by atoms with Crippen molar-refractivity contribution < 1.29 is 17.9 Å². The molecule has 1 aromatic heterocycles. The van der Waals surface area contributed by atoms with Crippen molar-refractivity contribution in [2.75, 3.05) is 11.3 Å². The molecule has 36 heavy (non-hydrogen) atoms. The molecule has 0 aliphatic heterocycles. The number of aromatic nitrogens is 1. The topological polar surface area (TPSA) is 88.3 Å². The van der Waals surface area contributed by atoms with Crippen molar-refractivity contribution in [3.05, 3.63) is 82.0 Å². The van der Waals surface area contributed by atoms with Crippen LogP contribution in [0.5, 0.6) is 0 Å². The Morgan fingerprint density at radius 3 is 2.31 bits per heavy atom. The van der Waals surface area contributed by atoms with E-state index in [-0.39, 0.29) is 22.6 Å². The van der Waals surface area contributed by atoms with Crippen LogP contribution in [0.25, 0.3) is 22.0 Å². The number of anilines is 1. The van der Waals surface area contributed by atoms with E-state index in [9.17, 15) is 13.2 Å². The number of sulfonamides is 1. The van der Waals surface area contributed by atoms with Crippen molar-refractivity contribution in [3.63, 3.8) is 0 Å². The van der Waals surface area contributed by atoms with Gasteiger partial charge in [0, 0.05) is 37.8 Å². The predicted molar refractivity (Wildman–Crippen MR) is 146 cm³/mol. The number of esters is 1. The van der Waals surface area contributed by atoms with Crippen LogP contribution in [0.15, 0.2) is 65.6 Å². The quantitative estimate of drug-likeness (QED) is 0.247. The Kier molecular flexibility index (Phi) is 7.10. The van der Waals surface area contributed by atoms with Crippen LogP contribution in [0.2, 0.25) is 10.0 Å². The Bertz CT molecular complexity index is 1550. The summed E-state index contributed by atoms with van der Waals surface area (Å²) in [7, 11) is -3.85. The molecule has 0 aliphatic carbocycles. The number of carbonyl (C=O) groups excluding carboxylic acids is 1. The summed E-state index contributed by atoms with van der Waals surface area (Å²) in [6, 6.07) is 16.8. The fraction of sp³-hybridized carbons (Fsp3) is 0.222. The van der Waals surface area contributed by atoms with E-state index < -0.39 is 16.0 Å². The molecular formula is C27H26Cl2N2O4S. The number of benzene rings is 3. The molecule has 6 nitrogen and oxygen atoms in total. The van der Waals surface area contributed by atoms with Gasteiger partial charge in [-0.3, -0.25) is 4.72 Å². The van der Waals surface area contributed by atoms with Crippen LogP contribution in [0.3, 0.4) is 0 Å². The number of H-pyrrole nitrogens is 1. The molecule has 4 rings (SSSR count). The summed E-state index contributed by atoms with van der Waals surface area (Å²) >= 11 is 12.6. The maximum atomic E-state index is 13.1. The molecule has 1 heterocycles. The van der Waals surface area contributed by atoms with Gasteiger partial charge >= 0.3 is 5.97 Å². The van der Waals surface area contributed by atoms with E-state index in [0.29, 0.717) is 37.8 Å². The van der Waals surface area contributed by atoms with Gasteiger partial charge in [0.15, 0.2) is 0 Å². The van der Waals surface area contributed by atoms with Crippen LogP contribution in [0.1, 0.15) is 43.7 Å². The molecule has 9 heteroatoms. The standard InChI is InChI=1S/C27H26Cl2N2O4S/c1-5-35-26(32)25-24(20-12-8-17(28)14-22(20)29)21-15-18(9-13-23(21)30-25)31-36(33,34)19-10-6-16(7-11-19)27(2,3)4/h6-15,30-31H,5H2,1-4H3. The summed E-state index contributed by atoms with van der Waals surface area (Å²) < 4.78 is 34.1. The lowest BCUT2D eigenvalue weighted by Gasteiger charge is -2.19. The molecule has 0 aliphatic rings. The van der Waals surface area contributed by atoms with Gasteiger partial charge in [-0.25, -0.2) is 13.2 Å². The lowest BCUT2D eigenvalue weighted by molar-refractivity contribution is 0.0521. The zero-order chi connectivity index (χ0) is 26.3. The molecule has 0 saturated carbocycles. The summed E-state index contributed by atoms with van der Waals surface area (Å²) in [6.07, 6.45) is 0. The molecule has 0 fully saturated rings. The summed E-state index contributed by atoms with van der Waals surface area (Å²) in [6.45, 7) is 8.11. The minimum atomic E-state index is -3.85. The molecule has 0 radical (unpaired) electrons. The minimum absolute atomic E-state index is 0.0922. The van der Waals surface area contributed by atoms with Crippen LogP contribution in [0.4, 0.5) is 5.69 Å². The lowest BCUT2D eigenvalue weighted by Crippen LogP contribution is -2.14. The highest BCUT2D eigenvalue weighted by Gasteiger charge is 2.23. The first-order valence-electron chi connectivity index (χ1n) is 11.3. The number of nitrogens with one attached hydrogen (secondary N) is 2. The maximum absolute atomic E-state index is 13.1. The zero-order valence-corrected chi connectivity index (χ0v) is 22.6. The first-order valence-corrected chi connectivity index (χ1v) is 13.6. The Morgan fingerprint density at radius 1 is 1.00 bits per heavy atom. The number of halogens is 2. The maximum Gasteiger partial charge on any atom is 0.355 e. The number of hydrogen-bond acceptors (Lipinski definition) is 4. The molecule has 0 amide bonds. The SMILES string of the molecule is CCOC(=O)c1[nH]c2ccc(NS(=O)(=O)c3ccc(C(C)(C)C)cc3)cc2c1-c1ccc(Cl)cc1Cl. The predicted octanol–water partition coefficient (Wildman–Crippen LogP) is 7.42. The molecule has 4 aromatic rings. The number of aromatic amines is 1. The molecule has 0 unspecified atom stereocenters. The van der Waals surface area contributed by atoms with Gasteiger partial charge in [-0.15, -0.1) is 0 Å². The first-order chi connectivity index (χ1) is 16.9. The Hall–Kier alpha value is -3.00. The van der Waals surface area contributed by atoms with Crippen molar-refractivity contribution in [3.8, 4) is 11.1 Å². The Morgan fingerprint density at radius 2 is 1.69 bits per heavy atom. The fourth-order valence-corrected chi connectivity index (χ4v) is 5.48. The second kappa shape index (κ2) is 9.81. The molecule has 2 N–H and O–H groups in total. The van der Waals surface area contributed by atoms with E-state index in [0.717, 1.165) is 5.56 Å². The molecule has 188 valence electrons. The number of carbonyl (C=O) groups is 1. The van der Waals surface area contributed by atoms with Crippen molar-refractivity contribution in [2.45, 2.75) is 38.0 Å². The number of ether oxygens (including phenoxy) is 1. The van der Waals surface area contributed by atoms with Crippen molar-refractivity contribution >= 4 is 55.8 Å². The van der Waals surface area contributed by atoms with E-state index in [2.05, 4.69) is 30.5 Å². The molecule has 0 bridgehead atoms. The van der Waals surface area contributed by atoms with Gasteiger partial charge in [0.05, 0.1) is 11.5 Å². The Balaban J connectivity index is 1.79. The summed E-state index contributed by atoms with van der Waals surface area (Å²) in [5.41, 5.74) is 3.18. The normalized spacial score (nSPS) is 12.1. The highest BCUT2D eigenvalue weighted by molar-refractivity contribution is 7.92. The third-order valence-corrected chi connectivity index (χ3v) is 7.71. The summed E-state index contributed by atoms with van der Waals surface area (Å²) in [5, 5.41) is 1.40. The van der Waals surface area contributed by atoms with Gasteiger partial charge in [0.2, 0.25) is 0 Å². The Labute approximate surface area is 220 Å². The lowest BCUT2D eigenvalue weighted by atomic mass is 9.87. The highest BCUT2D eigenvalue weighted by Crippen LogP contribution is 2.39. The average Bonchev–Trinajstić information content (AvgIpc) is 3.17. The van der Waals surface area contributed by atoms with Gasteiger partial charge < -0.3 is 9.72 Å². The third kappa shape index (κ3) is 5.24. The van der Waals surface area contributed by atoms with Gasteiger partial charge in [-0.1, -0.05) is 62.2 Å².